The number of fused-ring (bicyclic) bond motifs is 1. The van der Waals surface area contributed by atoms with Crippen LogP contribution in [0.3, 0.4) is 0 Å². The van der Waals surface area contributed by atoms with Crippen LogP contribution in [0.1, 0.15) is 61.7 Å². The van der Waals surface area contributed by atoms with E-state index in [0.717, 1.165) is 39.0 Å². The first-order valence-electron chi connectivity index (χ1n) is 15.8. The third kappa shape index (κ3) is 7.50. The number of piperidine rings is 3. The fraction of sp³-hybridized carbons (Fsp3) is 0.688. The zero-order valence-electron chi connectivity index (χ0n) is 25.4. The van der Waals surface area contributed by atoms with Crippen molar-refractivity contribution in [3.05, 3.63) is 35.9 Å². The number of amides is 4. The van der Waals surface area contributed by atoms with Crippen LogP contribution in [0.4, 0.5) is 0 Å². The lowest BCUT2D eigenvalue weighted by molar-refractivity contribution is -0.137. The molecule has 5 rings (SSSR count). The Balaban J connectivity index is 1.25. The van der Waals surface area contributed by atoms with E-state index < -0.39 is 5.54 Å². The van der Waals surface area contributed by atoms with E-state index in [1.165, 1.54) is 12.8 Å². The molecule has 1 aromatic carbocycles. The Hall–Kier alpha value is -2.98. The van der Waals surface area contributed by atoms with Gasteiger partial charge < -0.3 is 25.3 Å². The van der Waals surface area contributed by atoms with Crippen molar-refractivity contribution >= 4 is 23.6 Å². The van der Waals surface area contributed by atoms with Gasteiger partial charge in [0.1, 0.15) is 0 Å². The van der Waals surface area contributed by atoms with Gasteiger partial charge in [0.05, 0.1) is 12.1 Å². The van der Waals surface area contributed by atoms with Gasteiger partial charge in [0.25, 0.3) is 5.91 Å². The summed E-state index contributed by atoms with van der Waals surface area (Å²) in [5, 5.41) is 6.27. The van der Waals surface area contributed by atoms with E-state index in [1.807, 2.05) is 18.2 Å². The number of hydrogen-bond acceptors (Lipinski definition) is 6. The number of likely N-dealkylation sites (N-methyl/N-ethyl adjacent to an activating group) is 1. The Kier molecular flexibility index (Phi) is 9.83. The van der Waals surface area contributed by atoms with Crippen LogP contribution in [0.25, 0.3) is 0 Å². The normalized spacial score (nSPS) is 27.6. The van der Waals surface area contributed by atoms with E-state index in [1.54, 1.807) is 29.0 Å². The van der Waals surface area contributed by atoms with E-state index in [-0.39, 0.29) is 42.5 Å². The number of hydrogen-bond donors (Lipinski definition) is 2. The zero-order valence-corrected chi connectivity index (χ0v) is 25.4. The molecule has 4 amide bonds. The van der Waals surface area contributed by atoms with Gasteiger partial charge in [0.2, 0.25) is 17.7 Å². The van der Waals surface area contributed by atoms with E-state index >= 15 is 0 Å². The van der Waals surface area contributed by atoms with Crippen molar-refractivity contribution in [2.24, 2.45) is 11.8 Å². The fourth-order valence-electron chi connectivity index (χ4n) is 7.43. The third-order valence-corrected chi connectivity index (χ3v) is 10.1. The molecule has 0 aromatic heterocycles. The molecule has 0 bridgehead atoms. The molecule has 1 spiro atoms. The molecule has 2 N–H and O–H groups in total. The topological polar surface area (TPSA) is 105 Å². The van der Waals surface area contributed by atoms with Gasteiger partial charge in [-0.05, 0) is 89.2 Å². The second-order valence-electron chi connectivity index (χ2n) is 13.1. The van der Waals surface area contributed by atoms with Gasteiger partial charge in [-0.1, -0.05) is 18.2 Å². The number of likely N-dealkylation sites (tertiary alicyclic amines) is 3. The van der Waals surface area contributed by atoms with Gasteiger partial charge in [-0.2, -0.15) is 0 Å². The average molecular weight is 581 g/mol. The lowest BCUT2D eigenvalue weighted by Crippen LogP contribution is -2.59. The molecule has 2 atom stereocenters. The summed E-state index contributed by atoms with van der Waals surface area (Å²) in [5.41, 5.74) is -0.113. The minimum atomic E-state index is -0.749. The molecule has 4 fully saturated rings. The van der Waals surface area contributed by atoms with Crippen LogP contribution in [0.15, 0.2) is 30.3 Å². The summed E-state index contributed by atoms with van der Waals surface area (Å²) in [4.78, 5) is 61.2. The Morgan fingerprint density at radius 3 is 2.29 bits per heavy atom. The molecule has 42 heavy (non-hydrogen) atoms. The molecular formula is C32H48N6O4. The Morgan fingerprint density at radius 1 is 0.857 bits per heavy atom. The number of carbonyl (C=O) groups is 4. The molecule has 4 aliphatic heterocycles. The van der Waals surface area contributed by atoms with Gasteiger partial charge >= 0.3 is 0 Å². The average Bonchev–Trinajstić information content (AvgIpc) is 2.98. The number of nitrogens with one attached hydrogen (secondary N) is 2. The Bertz CT molecular complexity index is 1110. The Morgan fingerprint density at radius 2 is 1.57 bits per heavy atom. The zero-order chi connectivity index (χ0) is 29.7. The van der Waals surface area contributed by atoms with Gasteiger partial charge in [-0.25, -0.2) is 0 Å². The predicted octanol–water partition coefficient (Wildman–Crippen LogP) is 1.57. The first kappa shape index (κ1) is 30.5. The van der Waals surface area contributed by atoms with E-state index in [0.29, 0.717) is 56.4 Å². The van der Waals surface area contributed by atoms with Crippen molar-refractivity contribution in [3.8, 4) is 0 Å². The van der Waals surface area contributed by atoms with Crippen molar-refractivity contribution in [1.29, 1.82) is 0 Å². The minimum absolute atomic E-state index is 0.00585. The number of rotatable bonds is 2. The van der Waals surface area contributed by atoms with Gasteiger partial charge in [-0.15, -0.1) is 0 Å². The molecule has 0 unspecified atom stereocenters. The second kappa shape index (κ2) is 13.5. The number of benzene rings is 1. The highest BCUT2D eigenvalue weighted by Crippen LogP contribution is 2.33. The summed E-state index contributed by atoms with van der Waals surface area (Å²) in [6, 6.07) is 9.78. The standard InChI is InChI=1S/C32H48N6O4/c1-35-15-10-27(11-16-35)38-17-9-25-20-30(41)36(2)23-29(40)34-32(21-28(39)33-14-8-26(25)22-38)12-18-37(19-13-32)31(42)24-6-4-3-5-7-24/h3-7,25-27H,8-23H2,1-2H3,(H,33,39)(H,34,40)/t25-,26-/m0/s1. The van der Waals surface area contributed by atoms with Crippen LogP contribution >= 0.6 is 0 Å². The van der Waals surface area contributed by atoms with Crippen LogP contribution in [-0.2, 0) is 14.4 Å². The van der Waals surface area contributed by atoms with Crippen molar-refractivity contribution in [2.45, 2.75) is 62.9 Å². The molecule has 10 heteroatoms. The molecule has 0 radical (unpaired) electrons. The fourth-order valence-corrected chi connectivity index (χ4v) is 7.43. The molecule has 230 valence electrons. The molecule has 0 saturated carbocycles. The van der Waals surface area contributed by atoms with Crippen molar-refractivity contribution in [3.63, 3.8) is 0 Å². The van der Waals surface area contributed by atoms with Gasteiger partial charge in [-0.3, -0.25) is 24.1 Å². The van der Waals surface area contributed by atoms with E-state index in [9.17, 15) is 19.2 Å². The van der Waals surface area contributed by atoms with Crippen molar-refractivity contribution < 1.29 is 19.2 Å². The maximum absolute atomic E-state index is 13.3. The van der Waals surface area contributed by atoms with Gasteiger partial charge in [0, 0.05) is 57.7 Å². The summed E-state index contributed by atoms with van der Waals surface area (Å²) < 4.78 is 0. The summed E-state index contributed by atoms with van der Waals surface area (Å²) in [5.74, 6) is 0.221. The highest BCUT2D eigenvalue weighted by molar-refractivity contribution is 5.94. The smallest absolute Gasteiger partial charge is 0.253 e. The summed E-state index contributed by atoms with van der Waals surface area (Å²) in [7, 11) is 3.89. The molecular weight excluding hydrogens is 532 g/mol. The van der Waals surface area contributed by atoms with E-state index in [2.05, 4.69) is 27.5 Å². The summed E-state index contributed by atoms with van der Waals surface area (Å²) in [6.45, 7) is 5.64. The first-order chi connectivity index (χ1) is 20.2. The molecule has 0 aliphatic carbocycles. The van der Waals surface area contributed by atoms with Crippen molar-refractivity contribution in [1.82, 2.24) is 30.2 Å². The molecule has 4 heterocycles. The SMILES string of the molecule is CN1CCC(N2CC[C@H]3CC(=O)N(C)CC(=O)NC4(CCN(C(=O)c5ccccc5)CC4)CC(=O)NCC[C@H]3C2)CC1. The van der Waals surface area contributed by atoms with Gasteiger partial charge in [0.15, 0.2) is 0 Å². The maximum atomic E-state index is 13.3. The summed E-state index contributed by atoms with van der Waals surface area (Å²) in [6.07, 6.45) is 5.74. The largest absolute Gasteiger partial charge is 0.356 e. The number of nitrogens with zero attached hydrogens (tertiary/aromatic N) is 4. The van der Waals surface area contributed by atoms with Crippen molar-refractivity contribution in [2.75, 3.05) is 66.5 Å². The third-order valence-electron chi connectivity index (χ3n) is 10.1. The summed E-state index contributed by atoms with van der Waals surface area (Å²) >= 11 is 0. The molecule has 1 aromatic rings. The van der Waals surface area contributed by atoms with Crippen LogP contribution in [0.2, 0.25) is 0 Å². The molecule has 10 nitrogen and oxygen atoms in total. The molecule has 4 saturated heterocycles. The van der Waals surface area contributed by atoms with Crippen LogP contribution < -0.4 is 10.6 Å². The predicted molar refractivity (Wildman–Crippen MR) is 161 cm³/mol. The van der Waals surface area contributed by atoms with Crippen LogP contribution in [0.5, 0.6) is 0 Å². The highest BCUT2D eigenvalue weighted by atomic mass is 16.2. The van der Waals surface area contributed by atoms with Crippen LogP contribution in [-0.4, -0.2) is 121 Å². The van der Waals surface area contributed by atoms with Crippen LogP contribution in [0, 0.1) is 11.8 Å². The highest BCUT2D eigenvalue weighted by Gasteiger charge is 2.40. The molecule has 4 aliphatic rings. The number of carbonyl (C=O) groups excluding carboxylic acids is 4. The maximum Gasteiger partial charge on any atom is 0.253 e. The van der Waals surface area contributed by atoms with E-state index in [4.69, 9.17) is 0 Å². The lowest BCUT2D eigenvalue weighted by atomic mass is 9.79. The first-order valence-corrected chi connectivity index (χ1v) is 15.8. The second-order valence-corrected chi connectivity index (χ2v) is 13.1. The minimum Gasteiger partial charge on any atom is -0.356 e. The Labute approximate surface area is 250 Å². The lowest BCUT2D eigenvalue weighted by Gasteiger charge is -2.45. The quantitative estimate of drug-likeness (QED) is 0.551. The monoisotopic (exact) mass is 580 g/mol.